The second-order valence-electron chi connectivity index (χ2n) is 2.14. The van der Waals surface area contributed by atoms with Crippen molar-refractivity contribution in [2.45, 2.75) is 0 Å². The second kappa shape index (κ2) is 4.28. The van der Waals surface area contributed by atoms with Gasteiger partial charge >= 0.3 is 0 Å². The van der Waals surface area contributed by atoms with Crippen molar-refractivity contribution >= 4 is 5.90 Å². The topological polar surface area (TPSA) is 46.0 Å². The van der Waals surface area contributed by atoms with Crippen molar-refractivity contribution in [1.82, 2.24) is 4.98 Å². The van der Waals surface area contributed by atoms with Crippen LogP contribution in [0.5, 0.6) is 0 Å². The molecular formula is C9H10N2O. The van der Waals surface area contributed by atoms with Crippen LogP contribution in [0.25, 0.3) is 0 Å². The van der Waals surface area contributed by atoms with Crippen LogP contribution in [0.1, 0.15) is 5.69 Å². The van der Waals surface area contributed by atoms with Crippen LogP contribution in [0.4, 0.5) is 0 Å². The second-order valence-corrected chi connectivity index (χ2v) is 2.14. The van der Waals surface area contributed by atoms with Crippen LogP contribution in [-0.2, 0) is 4.74 Å². The number of rotatable bonds is 3. The lowest BCUT2D eigenvalue weighted by Gasteiger charge is -2.02. The van der Waals surface area contributed by atoms with Crippen molar-refractivity contribution in [2.75, 3.05) is 6.61 Å². The summed E-state index contributed by atoms with van der Waals surface area (Å²) in [5.74, 6) is 0.0792. The third-order valence-corrected chi connectivity index (χ3v) is 1.24. The maximum absolute atomic E-state index is 7.40. The van der Waals surface area contributed by atoms with Crippen LogP contribution in [-0.4, -0.2) is 17.5 Å². The van der Waals surface area contributed by atoms with E-state index >= 15 is 0 Å². The zero-order chi connectivity index (χ0) is 8.81. The van der Waals surface area contributed by atoms with E-state index in [9.17, 15) is 0 Å². The van der Waals surface area contributed by atoms with E-state index in [0.717, 1.165) is 0 Å². The lowest BCUT2D eigenvalue weighted by molar-refractivity contribution is 0.347. The van der Waals surface area contributed by atoms with Gasteiger partial charge in [0.1, 0.15) is 12.3 Å². The van der Waals surface area contributed by atoms with E-state index in [1.165, 1.54) is 0 Å². The van der Waals surface area contributed by atoms with E-state index in [2.05, 4.69) is 11.6 Å². The number of nitrogens with zero attached hydrogens (tertiary/aromatic N) is 1. The average molecular weight is 162 g/mol. The summed E-state index contributed by atoms with van der Waals surface area (Å²) in [6, 6.07) is 5.34. The van der Waals surface area contributed by atoms with Gasteiger partial charge in [-0.3, -0.25) is 10.4 Å². The lowest BCUT2D eigenvalue weighted by Crippen LogP contribution is -2.06. The molecular weight excluding hydrogens is 152 g/mol. The summed E-state index contributed by atoms with van der Waals surface area (Å²) in [6.45, 7) is 3.83. The fourth-order valence-corrected chi connectivity index (χ4v) is 0.713. The highest BCUT2D eigenvalue weighted by atomic mass is 16.5. The van der Waals surface area contributed by atoms with Gasteiger partial charge < -0.3 is 4.74 Å². The van der Waals surface area contributed by atoms with Gasteiger partial charge in [0.2, 0.25) is 5.90 Å². The molecule has 1 heterocycles. The molecule has 62 valence electrons. The Labute approximate surface area is 71.2 Å². The van der Waals surface area contributed by atoms with Gasteiger partial charge in [0.15, 0.2) is 0 Å². The Bertz CT molecular complexity index is 269. The fraction of sp³-hybridized carbons (Fsp3) is 0.111. The first-order chi connectivity index (χ1) is 5.84. The predicted octanol–water partition coefficient (Wildman–Crippen LogP) is 1.61. The molecule has 0 amide bonds. The molecule has 1 N–H and O–H groups in total. The zero-order valence-electron chi connectivity index (χ0n) is 6.66. The van der Waals surface area contributed by atoms with Gasteiger partial charge in [0.05, 0.1) is 0 Å². The van der Waals surface area contributed by atoms with Crippen LogP contribution >= 0.6 is 0 Å². The molecule has 3 nitrogen and oxygen atoms in total. The standard InChI is InChI=1S/C9H10N2O/c1-2-7-12-9(10)8-5-3-4-6-11-8/h2-6,10H,1,7H2. The lowest BCUT2D eigenvalue weighted by atomic mass is 10.3. The third-order valence-electron chi connectivity index (χ3n) is 1.24. The van der Waals surface area contributed by atoms with Gasteiger partial charge in [0, 0.05) is 6.20 Å². The minimum absolute atomic E-state index is 0.0792. The third kappa shape index (κ3) is 2.20. The minimum atomic E-state index is 0.0792. The van der Waals surface area contributed by atoms with E-state index in [-0.39, 0.29) is 5.90 Å². The summed E-state index contributed by atoms with van der Waals surface area (Å²) < 4.78 is 4.98. The first kappa shape index (κ1) is 8.46. The first-order valence-corrected chi connectivity index (χ1v) is 3.58. The summed E-state index contributed by atoms with van der Waals surface area (Å²) in [5, 5.41) is 7.40. The molecule has 0 radical (unpaired) electrons. The molecule has 0 spiro atoms. The molecule has 0 saturated heterocycles. The van der Waals surface area contributed by atoms with Gasteiger partial charge in [-0.1, -0.05) is 18.7 Å². The quantitative estimate of drug-likeness (QED) is 0.417. The Morgan fingerprint density at radius 3 is 3.08 bits per heavy atom. The Kier molecular flexibility index (Phi) is 3.02. The van der Waals surface area contributed by atoms with Crippen molar-refractivity contribution in [3.05, 3.63) is 42.7 Å². The number of nitrogens with one attached hydrogen (secondary N) is 1. The summed E-state index contributed by atoms with van der Waals surface area (Å²) in [7, 11) is 0. The highest BCUT2D eigenvalue weighted by Gasteiger charge is 2.00. The van der Waals surface area contributed by atoms with Crippen LogP contribution < -0.4 is 0 Å². The smallest absolute Gasteiger partial charge is 0.232 e. The van der Waals surface area contributed by atoms with Crippen molar-refractivity contribution < 1.29 is 4.74 Å². The molecule has 1 aromatic rings. The number of ether oxygens (including phenoxy) is 1. The van der Waals surface area contributed by atoms with E-state index in [1.807, 2.05) is 6.07 Å². The normalized spacial score (nSPS) is 9.00. The molecule has 0 aliphatic carbocycles. The van der Waals surface area contributed by atoms with E-state index in [0.29, 0.717) is 12.3 Å². The Balaban J connectivity index is 2.59. The molecule has 0 unspecified atom stereocenters. The Hall–Kier alpha value is -1.64. The highest BCUT2D eigenvalue weighted by molar-refractivity contribution is 5.89. The van der Waals surface area contributed by atoms with Gasteiger partial charge in [-0.2, -0.15) is 0 Å². The summed E-state index contributed by atoms with van der Waals surface area (Å²) in [5.41, 5.74) is 0.541. The zero-order valence-corrected chi connectivity index (χ0v) is 6.66. The largest absolute Gasteiger partial charge is 0.472 e. The SMILES string of the molecule is C=CCOC(=N)c1ccccn1. The van der Waals surface area contributed by atoms with Crippen LogP contribution in [0, 0.1) is 5.41 Å². The number of aromatic nitrogens is 1. The van der Waals surface area contributed by atoms with Gasteiger partial charge in [-0.05, 0) is 12.1 Å². The Morgan fingerprint density at radius 2 is 2.50 bits per heavy atom. The molecule has 0 saturated carbocycles. The van der Waals surface area contributed by atoms with Crippen molar-refractivity contribution in [2.24, 2.45) is 0 Å². The van der Waals surface area contributed by atoms with E-state index < -0.39 is 0 Å². The van der Waals surface area contributed by atoms with Crippen LogP contribution in [0.15, 0.2) is 37.1 Å². The van der Waals surface area contributed by atoms with Gasteiger partial charge in [-0.25, -0.2) is 0 Å². The summed E-state index contributed by atoms with van der Waals surface area (Å²) in [4.78, 5) is 3.95. The molecule has 12 heavy (non-hydrogen) atoms. The maximum atomic E-state index is 7.40. The minimum Gasteiger partial charge on any atom is -0.472 e. The maximum Gasteiger partial charge on any atom is 0.232 e. The van der Waals surface area contributed by atoms with Gasteiger partial charge in [0.25, 0.3) is 0 Å². The fourth-order valence-electron chi connectivity index (χ4n) is 0.713. The molecule has 0 aliphatic rings. The highest BCUT2D eigenvalue weighted by Crippen LogP contribution is 1.95. The van der Waals surface area contributed by atoms with Crippen molar-refractivity contribution in [1.29, 1.82) is 5.41 Å². The monoisotopic (exact) mass is 162 g/mol. The van der Waals surface area contributed by atoms with Crippen molar-refractivity contribution in [3.8, 4) is 0 Å². The molecule has 0 aliphatic heterocycles. The molecule has 1 aromatic heterocycles. The first-order valence-electron chi connectivity index (χ1n) is 3.58. The summed E-state index contributed by atoms with van der Waals surface area (Å²) in [6.07, 6.45) is 3.22. The van der Waals surface area contributed by atoms with E-state index in [4.69, 9.17) is 10.1 Å². The number of hydrogen-bond donors (Lipinski definition) is 1. The summed E-state index contributed by atoms with van der Waals surface area (Å²) >= 11 is 0. The molecule has 1 rings (SSSR count). The molecule has 0 fully saturated rings. The predicted molar refractivity (Wildman–Crippen MR) is 47.2 cm³/mol. The Morgan fingerprint density at radius 1 is 1.67 bits per heavy atom. The number of pyridine rings is 1. The van der Waals surface area contributed by atoms with Crippen LogP contribution in [0.3, 0.4) is 0 Å². The average Bonchev–Trinajstić information content (AvgIpc) is 2.15. The molecule has 3 heteroatoms. The van der Waals surface area contributed by atoms with Gasteiger partial charge in [-0.15, -0.1) is 0 Å². The molecule has 0 atom stereocenters. The van der Waals surface area contributed by atoms with E-state index in [1.54, 1.807) is 24.4 Å². The van der Waals surface area contributed by atoms with Crippen molar-refractivity contribution in [3.63, 3.8) is 0 Å². The molecule has 0 bridgehead atoms. The van der Waals surface area contributed by atoms with Crippen LogP contribution in [0.2, 0.25) is 0 Å². The number of hydrogen-bond acceptors (Lipinski definition) is 3. The molecule has 0 aromatic carbocycles.